The van der Waals surface area contributed by atoms with Crippen LogP contribution in [0.2, 0.25) is 0 Å². The lowest BCUT2D eigenvalue weighted by atomic mass is 10.1. The van der Waals surface area contributed by atoms with E-state index in [1.807, 2.05) is 13.8 Å². The third kappa shape index (κ3) is 2.33. The van der Waals surface area contributed by atoms with E-state index in [4.69, 9.17) is 0 Å². The van der Waals surface area contributed by atoms with Gasteiger partial charge in [-0.25, -0.2) is 0 Å². The zero-order valence-corrected chi connectivity index (χ0v) is 10.9. The van der Waals surface area contributed by atoms with Crippen molar-refractivity contribution >= 4 is 23.1 Å². The van der Waals surface area contributed by atoms with Gasteiger partial charge in [0, 0.05) is 18.0 Å². The molecule has 2 rings (SSSR count). The van der Waals surface area contributed by atoms with Gasteiger partial charge in [0.25, 0.3) is 5.91 Å². The summed E-state index contributed by atoms with van der Waals surface area (Å²) in [6.45, 7) is 4.27. The third-order valence-electron chi connectivity index (χ3n) is 2.62. The number of amides is 1. The Morgan fingerprint density at radius 2 is 2.28 bits per heavy atom. The van der Waals surface area contributed by atoms with Crippen LogP contribution in [0.1, 0.15) is 23.0 Å². The molecule has 5 nitrogen and oxygen atoms in total. The van der Waals surface area contributed by atoms with Gasteiger partial charge in [-0.15, -0.1) is 5.10 Å². The molecule has 0 spiro atoms. The van der Waals surface area contributed by atoms with Crippen molar-refractivity contribution in [2.75, 3.05) is 11.4 Å². The summed E-state index contributed by atoms with van der Waals surface area (Å²) in [5.74, 6) is -0.0711. The fourth-order valence-electron chi connectivity index (χ4n) is 1.71. The van der Waals surface area contributed by atoms with Crippen LogP contribution in [0.15, 0.2) is 23.6 Å². The van der Waals surface area contributed by atoms with Gasteiger partial charge in [-0.3, -0.25) is 4.79 Å². The van der Waals surface area contributed by atoms with Gasteiger partial charge in [-0.05, 0) is 37.0 Å². The van der Waals surface area contributed by atoms with Crippen LogP contribution in [-0.4, -0.2) is 27.1 Å². The van der Waals surface area contributed by atoms with E-state index in [0.29, 0.717) is 17.9 Å². The number of hydrogen-bond donors (Lipinski definition) is 1. The van der Waals surface area contributed by atoms with Crippen LogP contribution in [0.3, 0.4) is 0 Å². The maximum absolute atomic E-state index is 12.2. The largest absolute Gasteiger partial charge is 0.508 e. The van der Waals surface area contributed by atoms with E-state index in [2.05, 4.69) is 9.59 Å². The van der Waals surface area contributed by atoms with Crippen LogP contribution in [0.4, 0.5) is 5.69 Å². The first kappa shape index (κ1) is 12.5. The number of benzene rings is 1. The van der Waals surface area contributed by atoms with Crippen LogP contribution in [0, 0.1) is 6.92 Å². The summed E-state index contributed by atoms with van der Waals surface area (Å²) in [5.41, 5.74) is 1.94. The molecule has 0 saturated carbocycles. The maximum Gasteiger partial charge on any atom is 0.279 e. The summed E-state index contributed by atoms with van der Waals surface area (Å²) < 4.78 is 3.69. The van der Waals surface area contributed by atoms with Gasteiger partial charge in [0.1, 0.15) is 5.75 Å². The molecule has 0 aliphatic heterocycles. The first-order chi connectivity index (χ1) is 8.63. The molecule has 0 aliphatic rings. The number of carbonyl (C=O) groups is 1. The van der Waals surface area contributed by atoms with Crippen molar-refractivity contribution in [3.8, 4) is 5.75 Å². The van der Waals surface area contributed by atoms with E-state index in [1.54, 1.807) is 28.5 Å². The Kier molecular flexibility index (Phi) is 3.57. The zero-order chi connectivity index (χ0) is 13.1. The van der Waals surface area contributed by atoms with E-state index < -0.39 is 0 Å². The number of hydrogen-bond acceptors (Lipinski definition) is 5. The Balaban J connectivity index is 2.39. The monoisotopic (exact) mass is 263 g/mol. The molecule has 18 heavy (non-hydrogen) atoms. The Labute approximate surface area is 109 Å². The lowest BCUT2D eigenvalue weighted by Crippen LogP contribution is -2.31. The Bertz CT molecular complexity index is 554. The number of carbonyl (C=O) groups excluding carboxylic acids is 1. The van der Waals surface area contributed by atoms with Crippen molar-refractivity contribution in [2.45, 2.75) is 13.8 Å². The van der Waals surface area contributed by atoms with Crippen molar-refractivity contribution < 1.29 is 9.90 Å². The second kappa shape index (κ2) is 5.14. The van der Waals surface area contributed by atoms with Crippen LogP contribution in [0.25, 0.3) is 0 Å². The van der Waals surface area contributed by atoms with Gasteiger partial charge in [0.05, 0.1) is 5.69 Å². The van der Waals surface area contributed by atoms with Gasteiger partial charge >= 0.3 is 0 Å². The zero-order valence-electron chi connectivity index (χ0n) is 10.1. The van der Waals surface area contributed by atoms with E-state index in [0.717, 1.165) is 17.1 Å². The van der Waals surface area contributed by atoms with Gasteiger partial charge < -0.3 is 10.0 Å². The molecule has 0 saturated heterocycles. The van der Waals surface area contributed by atoms with Gasteiger partial charge in [-0.2, -0.15) is 0 Å². The molecule has 1 heterocycles. The van der Waals surface area contributed by atoms with Crippen molar-refractivity contribution in [2.24, 2.45) is 0 Å². The highest BCUT2D eigenvalue weighted by molar-refractivity contribution is 7.03. The molecular weight excluding hydrogens is 250 g/mol. The molecule has 1 aromatic carbocycles. The minimum atomic E-state index is -0.208. The van der Waals surface area contributed by atoms with E-state index >= 15 is 0 Å². The Morgan fingerprint density at radius 1 is 1.50 bits per heavy atom. The molecule has 0 aliphatic carbocycles. The van der Waals surface area contributed by atoms with Crippen molar-refractivity contribution in [3.05, 3.63) is 34.8 Å². The summed E-state index contributed by atoms with van der Waals surface area (Å²) in [6.07, 6.45) is 0. The van der Waals surface area contributed by atoms with Crippen molar-refractivity contribution in [1.29, 1.82) is 0 Å². The number of phenols is 1. The number of aryl methyl sites for hydroxylation is 1. The molecule has 6 heteroatoms. The highest BCUT2D eigenvalue weighted by atomic mass is 32.1. The molecule has 1 aromatic heterocycles. The molecule has 94 valence electrons. The number of anilines is 1. The standard InChI is InChI=1S/C12H13N3O2S/c1-3-15(12(17)10-7-18-14-13-10)11-6-9(16)5-4-8(11)2/h4-7,16H,3H2,1-2H3. The predicted octanol–water partition coefficient (Wildman–Crippen LogP) is 2.22. The van der Waals surface area contributed by atoms with Gasteiger partial charge in [-0.1, -0.05) is 10.6 Å². The molecule has 0 bridgehead atoms. The third-order valence-corrected chi connectivity index (χ3v) is 3.13. The second-order valence-electron chi connectivity index (χ2n) is 3.81. The van der Waals surface area contributed by atoms with E-state index in [9.17, 15) is 9.90 Å². The van der Waals surface area contributed by atoms with Crippen molar-refractivity contribution in [3.63, 3.8) is 0 Å². The topological polar surface area (TPSA) is 66.3 Å². The molecule has 1 N–H and O–H groups in total. The quantitative estimate of drug-likeness (QED) is 0.922. The number of rotatable bonds is 3. The lowest BCUT2D eigenvalue weighted by Gasteiger charge is -2.22. The Morgan fingerprint density at radius 3 is 2.89 bits per heavy atom. The summed E-state index contributed by atoms with van der Waals surface area (Å²) in [6, 6.07) is 4.96. The summed E-state index contributed by atoms with van der Waals surface area (Å²) >= 11 is 1.14. The molecule has 1 amide bonds. The summed E-state index contributed by atoms with van der Waals surface area (Å²) in [5, 5.41) is 14.9. The smallest absolute Gasteiger partial charge is 0.279 e. The van der Waals surface area contributed by atoms with Crippen LogP contribution >= 0.6 is 11.5 Å². The number of phenolic OH excluding ortho intramolecular Hbond substituents is 1. The first-order valence-corrected chi connectivity index (χ1v) is 6.35. The molecular formula is C12H13N3O2S. The second-order valence-corrected chi connectivity index (χ2v) is 4.42. The molecule has 2 aromatic rings. The Hall–Kier alpha value is -1.95. The highest BCUT2D eigenvalue weighted by Crippen LogP contribution is 2.26. The molecule has 0 unspecified atom stereocenters. The minimum absolute atomic E-state index is 0.137. The first-order valence-electron chi connectivity index (χ1n) is 5.52. The van der Waals surface area contributed by atoms with Crippen LogP contribution in [0.5, 0.6) is 5.75 Å². The summed E-state index contributed by atoms with van der Waals surface area (Å²) in [7, 11) is 0. The van der Waals surface area contributed by atoms with E-state index in [-0.39, 0.29) is 11.7 Å². The fourth-order valence-corrected chi connectivity index (χ4v) is 2.14. The average Bonchev–Trinajstić information content (AvgIpc) is 2.88. The fraction of sp³-hybridized carbons (Fsp3) is 0.250. The van der Waals surface area contributed by atoms with Crippen LogP contribution in [-0.2, 0) is 0 Å². The molecule has 0 radical (unpaired) electrons. The van der Waals surface area contributed by atoms with Crippen LogP contribution < -0.4 is 4.90 Å². The van der Waals surface area contributed by atoms with Crippen molar-refractivity contribution in [1.82, 2.24) is 9.59 Å². The normalized spacial score (nSPS) is 10.3. The van der Waals surface area contributed by atoms with E-state index in [1.165, 1.54) is 0 Å². The summed E-state index contributed by atoms with van der Waals surface area (Å²) in [4.78, 5) is 13.8. The number of aromatic nitrogens is 2. The number of nitrogens with zero attached hydrogens (tertiary/aromatic N) is 3. The SMILES string of the molecule is CCN(C(=O)c1csnn1)c1cc(O)ccc1C. The maximum atomic E-state index is 12.2. The van der Waals surface area contributed by atoms with Gasteiger partial charge in [0.15, 0.2) is 5.69 Å². The minimum Gasteiger partial charge on any atom is -0.508 e. The molecule has 0 fully saturated rings. The van der Waals surface area contributed by atoms with Gasteiger partial charge in [0.2, 0.25) is 0 Å². The molecule has 0 atom stereocenters. The average molecular weight is 263 g/mol. The number of aromatic hydroxyl groups is 1. The lowest BCUT2D eigenvalue weighted by molar-refractivity contribution is 0.0983. The highest BCUT2D eigenvalue weighted by Gasteiger charge is 2.20. The predicted molar refractivity (Wildman–Crippen MR) is 70.1 cm³/mol.